The Labute approximate surface area is 241 Å². The fraction of sp³-hybridized carbons (Fsp3) is 0.323. The lowest BCUT2D eigenvalue weighted by Crippen LogP contribution is -2.14. The van der Waals surface area contributed by atoms with E-state index in [2.05, 4.69) is 8.75 Å². The molecule has 0 amide bonds. The number of methoxy groups -OCH3 is 2. The van der Waals surface area contributed by atoms with Gasteiger partial charge in [-0.1, -0.05) is 18.2 Å². The maximum Gasteiger partial charge on any atom is 0.515 e. The Kier molecular flexibility index (Phi) is 7.65. The molecular formula is C31H31N3O6S. The zero-order chi connectivity index (χ0) is 28.3. The molecule has 0 unspecified atom stereocenters. The normalized spacial score (nSPS) is 13.5. The van der Waals surface area contributed by atoms with Gasteiger partial charge in [-0.3, -0.25) is 0 Å². The third-order valence-electron chi connectivity index (χ3n) is 7.38. The van der Waals surface area contributed by atoms with E-state index in [1.54, 1.807) is 21.1 Å². The monoisotopic (exact) mass is 573 g/mol. The second kappa shape index (κ2) is 11.7. The number of hydrogen-bond donors (Lipinski definition) is 0. The summed E-state index contributed by atoms with van der Waals surface area (Å²) >= 11 is 1.16. The Bertz CT molecular complexity index is 1690. The van der Waals surface area contributed by atoms with Crippen LogP contribution < -0.4 is 18.9 Å². The van der Waals surface area contributed by atoms with E-state index >= 15 is 0 Å². The standard InChI is InChI=1S/C31H31N3O6S/c1-4-38-31(35)40-30-29(20-11-14-24-25(15-20)33-41-32-24)23-16-27(37-3)28(39-22-7-5-6-8-22)17-26(23)34(30)18-19-9-12-21(36-2)13-10-19/h9-17,22H,4-8,18H2,1-3H3. The smallest absolute Gasteiger partial charge is 0.497 e. The van der Waals surface area contributed by atoms with Crippen LogP contribution in [0.3, 0.4) is 0 Å². The van der Waals surface area contributed by atoms with Crippen molar-refractivity contribution < 1.29 is 28.5 Å². The van der Waals surface area contributed by atoms with Crippen molar-refractivity contribution >= 4 is 39.8 Å². The van der Waals surface area contributed by atoms with E-state index in [0.717, 1.165) is 81.8 Å². The second-order valence-electron chi connectivity index (χ2n) is 9.91. The maximum atomic E-state index is 12.8. The molecule has 5 aromatic rings. The molecule has 0 radical (unpaired) electrons. The van der Waals surface area contributed by atoms with Gasteiger partial charge in [0.2, 0.25) is 5.88 Å². The van der Waals surface area contributed by atoms with E-state index in [9.17, 15) is 4.79 Å². The summed E-state index contributed by atoms with van der Waals surface area (Å²) in [4.78, 5) is 12.8. The van der Waals surface area contributed by atoms with E-state index < -0.39 is 6.16 Å². The molecule has 1 aliphatic rings. The van der Waals surface area contributed by atoms with Crippen LogP contribution in [0.5, 0.6) is 23.1 Å². The van der Waals surface area contributed by atoms with Crippen molar-refractivity contribution in [3.63, 3.8) is 0 Å². The van der Waals surface area contributed by atoms with Gasteiger partial charge in [0.15, 0.2) is 11.5 Å². The molecule has 1 saturated carbocycles. The average molecular weight is 574 g/mol. The highest BCUT2D eigenvalue weighted by molar-refractivity contribution is 7.00. The number of hydrogen-bond acceptors (Lipinski definition) is 9. The Morgan fingerprint density at radius 3 is 2.46 bits per heavy atom. The maximum absolute atomic E-state index is 12.8. The Morgan fingerprint density at radius 1 is 0.951 bits per heavy atom. The summed E-state index contributed by atoms with van der Waals surface area (Å²) in [5.41, 5.74) is 4.95. The first-order chi connectivity index (χ1) is 20.1. The zero-order valence-corrected chi connectivity index (χ0v) is 24.0. The van der Waals surface area contributed by atoms with Gasteiger partial charge < -0.3 is 28.3 Å². The number of nitrogens with zero attached hydrogens (tertiary/aromatic N) is 3. The van der Waals surface area contributed by atoms with E-state index in [0.29, 0.717) is 23.9 Å². The molecule has 9 nitrogen and oxygen atoms in total. The van der Waals surface area contributed by atoms with E-state index in [1.807, 2.05) is 59.2 Å². The third-order valence-corrected chi connectivity index (χ3v) is 7.94. The predicted molar refractivity (Wildman–Crippen MR) is 158 cm³/mol. The second-order valence-corrected chi connectivity index (χ2v) is 10.4. The molecule has 2 aromatic heterocycles. The van der Waals surface area contributed by atoms with Crippen LogP contribution in [0.4, 0.5) is 4.79 Å². The Hall–Kier alpha value is -4.31. The number of carbonyl (C=O) groups is 1. The highest BCUT2D eigenvalue weighted by atomic mass is 32.1. The first-order valence-corrected chi connectivity index (χ1v) is 14.4. The molecule has 0 saturated heterocycles. The number of benzene rings is 3. The SMILES string of the molecule is CCOC(=O)Oc1c(-c2ccc3nsnc3c2)c2cc(OC)c(OC3CCCC3)cc2n1Cc1ccc(OC)cc1. The molecule has 212 valence electrons. The van der Waals surface area contributed by atoms with E-state index in [4.69, 9.17) is 23.7 Å². The van der Waals surface area contributed by atoms with Gasteiger partial charge in [-0.15, -0.1) is 0 Å². The number of rotatable bonds is 9. The van der Waals surface area contributed by atoms with Crippen LogP contribution >= 0.6 is 11.7 Å². The van der Waals surface area contributed by atoms with Crippen LogP contribution in [-0.4, -0.2) is 46.4 Å². The zero-order valence-electron chi connectivity index (χ0n) is 23.2. The first kappa shape index (κ1) is 26.9. The summed E-state index contributed by atoms with van der Waals surface area (Å²) in [6.07, 6.45) is 3.69. The van der Waals surface area contributed by atoms with Gasteiger partial charge in [-0.05, 0) is 74.1 Å². The van der Waals surface area contributed by atoms with Crippen LogP contribution in [0.2, 0.25) is 0 Å². The topological polar surface area (TPSA) is 93.9 Å². The predicted octanol–water partition coefficient (Wildman–Crippen LogP) is 7.24. The minimum atomic E-state index is -0.779. The Morgan fingerprint density at radius 2 is 1.73 bits per heavy atom. The quantitative estimate of drug-likeness (QED) is 0.170. The number of carbonyl (C=O) groups excluding carboxylic acids is 1. The van der Waals surface area contributed by atoms with Crippen molar-refractivity contribution in [2.45, 2.75) is 45.3 Å². The first-order valence-electron chi connectivity index (χ1n) is 13.7. The van der Waals surface area contributed by atoms with Crippen LogP contribution in [0.25, 0.3) is 33.1 Å². The molecule has 0 spiro atoms. The van der Waals surface area contributed by atoms with Crippen LogP contribution in [-0.2, 0) is 11.3 Å². The molecule has 6 rings (SSSR count). The van der Waals surface area contributed by atoms with Crippen LogP contribution in [0, 0.1) is 0 Å². The molecule has 0 bridgehead atoms. The van der Waals surface area contributed by atoms with Gasteiger partial charge in [-0.2, -0.15) is 8.75 Å². The molecule has 0 N–H and O–H groups in total. The lowest BCUT2D eigenvalue weighted by Gasteiger charge is -2.17. The summed E-state index contributed by atoms with van der Waals surface area (Å²) in [6, 6.07) is 17.6. The number of aromatic nitrogens is 3. The average Bonchev–Trinajstić information content (AvgIpc) is 3.73. The van der Waals surface area contributed by atoms with Crippen LogP contribution in [0.1, 0.15) is 38.2 Å². The molecule has 1 aliphatic carbocycles. The lowest BCUT2D eigenvalue weighted by atomic mass is 10.0. The molecule has 0 atom stereocenters. The van der Waals surface area contributed by atoms with Gasteiger partial charge >= 0.3 is 6.16 Å². The van der Waals surface area contributed by atoms with Gasteiger partial charge in [0.25, 0.3) is 0 Å². The summed E-state index contributed by atoms with van der Waals surface area (Å²) in [5, 5.41) is 0.843. The summed E-state index contributed by atoms with van der Waals surface area (Å²) in [7, 11) is 3.28. The number of ether oxygens (including phenoxy) is 5. The van der Waals surface area contributed by atoms with E-state index in [1.165, 1.54) is 0 Å². The van der Waals surface area contributed by atoms with Crippen molar-refractivity contribution in [3.05, 3.63) is 60.2 Å². The van der Waals surface area contributed by atoms with Crippen molar-refractivity contribution in [3.8, 4) is 34.3 Å². The minimum Gasteiger partial charge on any atom is -0.497 e. The number of fused-ring (bicyclic) bond motifs is 2. The fourth-order valence-corrected chi connectivity index (χ4v) is 5.91. The molecule has 1 fully saturated rings. The van der Waals surface area contributed by atoms with Crippen molar-refractivity contribution in [1.29, 1.82) is 0 Å². The fourth-order valence-electron chi connectivity index (χ4n) is 5.39. The summed E-state index contributed by atoms with van der Waals surface area (Å²) in [6.45, 7) is 2.36. The molecule has 0 aliphatic heterocycles. The van der Waals surface area contributed by atoms with Gasteiger partial charge in [0.1, 0.15) is 16.8 Å². The van der Waals surface area contributed by atoms with Crippen molar-refractivity contribution in [1.82, 2.24) is 13.3 Å². The molecule has 10 heteroatoms. The molecule has 41 heavy (non-hydrogen) atoms. The summed E-state index contributed by atoms with van der Waals surface area (Å²) < 4.78 is 39.6. The lowest BCUT2D eigenvalue weighted by molar-refractivity contribution is 0.101. The van der Waals surface area contributed by atoms with Crippen molar-refractivity contribution in [2.75, 3.05) is 20.8 Å². The molecular weight excluding hydrogens is 542 g/mol. The molecule has 3 aromatic carbocycles. The van der Waals surface area contributed by atoms with Gasteiger partial charge in [0.05, 0.1) is 56.3 Å². The van der Waals surface area contributed by atoms with Crippen LogP contribution in [0.15, 0.2) is 54.6 Å². The largest absolute Gasteiger partial charge is 0.515 e. The van der Waals surface area contributed by atoms with Gasteiger partial charge in [0, 0.05) is 11.5 Å². The van der Waals surface area contributed by atoms with E-state index in [-0.39, 0.29) is 12.7 Å². The summed E-state index contributed by atoms with van der Waals surface area (Å²) in [5.74, 6) is 2.40. The van der Waals surface area contributed by atoms with Gasteiger partial charge in [-0.25, -0.2) is 4.79 Å². The van der Waals surface area contributed by atoms with Crippen molar-refractivity contribution in [2.24, 2.45) is 0 Å². The minimum absolute atomic E-state index is 0.139. The highest BCUT2D eigenvalue weighted by Crippen LogP contribution is 2.46. The molecule has 2 heterocycles. The Balaban J connectivity index is 1.59. The highest BCUT2D eigenvalue weighted by Gasteiger charge is 2.27. The third kappa shape index (κ3) is 5.39.